The summed E-state index contributed by atoms with van der Waals surface area (Å²) >= 11 is 0. The third-order valence-corrected chi connectivity index (χ3v) is 12.0. The maximum Gasteiger partial charge on any atom is 0.183 e. The maximum absolute atomic E-state index is 5.91. The van der Waals surface area contributed by atoms with Gasteiger partial charge in [-0.05, 0) is 45.4 Å². The number of hydrogen-bond donors (Lipinski definition) is 0. The molecule has 0 bridgehead atoms. The van der Waals surface area contributed by atoms with Crippen molar-refractivity contribution in [3.63, 3.8) is 0 Å². The first kappa shape index (κ1) is 19.6. The molecule has 5 heteroatoms. The lowest BCUT2D eigenvalue weighted by Crippen LogP contribution is -2.59. The van der Waals surface area contributed by atoms with Crippen LogP contribution in [0.4, 0.5) is 0 Å². The molecule has 0 N–H and O–H groups in total. The second kappa shape index (κ2) is 7.54. The molecule has 2 nitrogen and oxygen atoms in total. The minimum Gasteiger partial charge on any atom is -0.418 e. The van der Waals surface area contributed by atoms with Crippen molar-refractivity contribution in [3.05, 3.63) is 0 Å². The van der Waals surface area contributed by atoms with Crippen LogP contribution in [0.15, 0.2) is 0 Å². The third kappa shape index (κ3) is 10.0. The lowest BCUT2D eigenvalue weighted by atomic mass is 10.2. The van der Waals surface area contributed by atoms with Crippen molar-refractivity contribution in [2.24, 2.45) is 0 Å². The summed E-state index contributed by atoms with van der Waals surface area (Å²) in [4.78, 5) is 0. The molecule has 0 aromatic rings. The molecule has 0 aromatic heterocycles. The van der Waals surface area contributed by atoms with Crippen LogP contribution in [-0.4, -0.2) is 42.2 Å². The maximum atomic E-state index is 5.91. The molecule has 0 aliphatic rings. The van der Waals surface area contributed by atoms with Crippen LogP contribution in [0, 0.1) is 0 Å². The van der Waals surface area contributed by atoms with Crippen molar-refractivity contribution in [1.29, 1.82) is 0 Å². The van der Waals surface area contributed by atoms with Crippen LogP contribution in [0.25, 0.3) is 0 Å². The Morgan fingerprint density at radius 2 is 1.16 bits per heavy atom. The zero-order valence-electron chi connectivity index (χ0n) is 14.9. The molecule has 0 saturated carbocycles. The van der Waals surface area contributed by atoms with Gasteiger partial charge in [0.05, 0.1) is 0 Å². The summed E-state index contributed by atoms with van der Waals surface area (Å²) < 4.78 is 8.80. The summed E-state index contributed by atoms with van der Waals surface area (Å²) in [5, 5.41) is 0. The van der Waals surface area contributed by atoms with Gasteiger partial charge in [0.25, 0.3) is 0 Å². The van der Waals surface area contributed by atoms with Crippen molar-refractivity contribution >= 4 is 24.8 Å². The molecule has 116 valence electrons. The Hall–Kier alpha value is 0.571. The molecule has 0 aromatic carbocycles. The summed E-state index contributed by atoms with van der Waals surface area (Å²) in [6.07, 6.45) is 3.88. The summed E-state index contributed by atoms with van der Waals surface area (Å²) in [6, 6.07) is 0. The van der Waals surface area contributed by atoms with Crippen LogP contribution in [0.5, 0.6) is 0 Å². The van der Waals surface area contributed by atoms with E-state index >= 15 is 0 Å². The van der Waals surface area contributed by atoms with Gasteiger partial charge in [-0.3, -0.25) is 0 Å². The van der Waals surface area contributed by atoms with Gasteiger partial charge in [0.1, 0.15) is 16.5 Å². The van der Waals surface area contributed by atoms with Crippen LogP contribution in [-0.2, 0) is 4.43 Å². The fourth-order valence-corrected chi connectivity index (χ4v) is 13.1. The monoisotopic (exact) mass is 319 g/mol. The van der Waals surface area contributed by atoms with Gasteiger partial charge in [-0.2, -0.15) is 0 Å². The smallest absolute Gasteiger partial charge is 0.183 e. The van der Waals surface area contributed by atoms with E-state index in [2.05, 4.69) is 63.2 Å². The highest BCUT2D eigenvalue weighted by atomic mass is 28.4. The highest BCUT2D eigenvalue weighted by molar-refractivity contribution is 6.89. The van der Waals surface area contributed by atoms with Crippen molar-refractivity contribution in [3.8, 4) is 0 Å². The standard InChI is InChI=1S/C14H37NOSi3/c1-17(2,3)15(18(4,5)6)13-11-10-12-14-16-19(7,8)9/h10-14H2,1-9H3. The van der Waals surface area contributed by atoms with E-state index in [1.54, 1.807) is 0 Å². The average molecular weight is 320 g/mol. The van der Waals surface area contributed by atoms with E-state index in [9.17, 15) is 0 Å². The summed E-state index contributed by atoms with van der Waals surface area (Å²) in [5.74, 6) is 0. The van der Waals surface area contributed by atoms with Crippen LogP contribution >= 0.6 is 0 Å². The Bertz CT molecular complexity index is 237. The molecular formula is C14H37NOSi3. The van der Waals surface area contributed by atoms with Crippen LogP contribution in [0.3, 0.4) is 0 Å². The van der Waals surface area contributed by atoms with Crippen LogP contribution in [0.1, 0.15) is 19.3 Å². The van der Waals surface area contributed by atoms with E-state index in [4.69, 9.17) is 4.43 Å². The zero-order valence-corrected chi connectivity index (χ0v) is 17.9. The van der Waals surface area contributed by atoms with Crippen molar-refractivity contribution in [2.45, 2.75) is 78.2 Å². The lowest BCUT2D eigenvalue weighted by Gasteiger charge is -2.43. The largest absolute Gasteiger partial charge is 0.418 e. The molecule has 0 heterocycles. The SMILES string of the molecule is C[Si](C)(C)OCCCCCN([Si](C)(C)C)[Si](C)(C)C. The average Bonchev–Trinajstić information content (AvgIpc) is 2.10. The molecular weight excluding hydrogens is 282 g/mol. The summed E-state index contributed by atoms with van der Waals surface area (Å²) in [7, 11) is -3.60. The second-order valence-electron chi connectivity index (χ2n) is 8.51. The predicted octanol–water partition coefficient (Wildman–Crippen LogP) is 4.98. The van der Waals surface area contributed by atoms with Gasteiger partial charge in [0, 0.05) is 6.61 Å². The molecule has 0 radical (unpaired) electrons. The zero-order chi connectivity index (χ0) is 15.3. The van der Waals surface area contributed by atoms with Gasteiger partial charge in [-0.25, -0.2) is 0 Å². The third-order valence-electron chi connectivity index (χ3n) is 3.18. The second-order valence-corrected chi connectivity index (χ2v) is 23.2. The first-order chi connectivity index (χ1) is 8.34. The summed E-state index contributed by atoms with van der Waals surface area (Å²) in [6.45, 7) is 24.0. The molecule has 0 atom stereocenters. The molecule has 0 saturated heterocycles. The summed E-state index contributed by atoms with van der Waals surface area (Å²) in [5.41, 5.74) is 0. The van der Waals surface area contributed by atoms with E-state index in [-0.39, 0.29) is 0 Å². The number of unbranched alkanes of at least 4 members (excludes halogenated alkanes) is 2. The topological polar surface area (TPSA) is 12.5 Å². The van der Waals surface area contributed by atoms with Gasteiger partial charge in [-0.15, -0.1) is 0 Å². The van der Waals surface area contributed by atoms with Crippen molar-refractivity contribution in [1.82, 2.24) is 4.23 Å². The lowest BCUT2D eigenvalue weighted by molar-refractivity contribution is 0.298. The molecule has 0 aliphatic carbocycles. The predicted molar refractivity (Wildman–Crippen MR) is 96.5 cm³/mol. The molecule has 0 unspecified atom stereocenters. The van der Waals surface area contributed by atoms with Crippen molar-refractivity contribution in [2.75, 3.05) is 13.2 Å². The number of hydrogen-bond acceptors (Lipinski definition) is 2. The Balaban J connectivity index is 3.97. The first-order valence-corrected chi connectivity index (χ1v) is 18.1. The van der Waals surface area contributed by atoms with Gasteiger partial charge in [-0.1, -0.05) is 39.3 Å². The van der Waals surface area contributed by atoms with E-state index in [0.29, 0.717) is 0 Å². The normalized spacial score (nSPS) is 14.2. The van der Waals surface area contributed by atoms with Gasteiger partial charge in [0.15, 0.2) is 8.32 Å². The molecule has 0 rings (SSSR count). The minimum absolute atomic E-state index is 0.968. The Kier molecular flexibility index (Phi) is 7.77. The molecule has 0 aliphatic heterocycles. The Morgan fingerprint density at radius 3 is 1.53 bits per heavy atom. The Morgan fingerprint density at radius 1 is 0.684 bits per heavy atom. The molecule has 0 spiro atoms. The van der Waals surface area contributed by atoms with Gasteiger partial charge in [0.2, 0.25) is 0 Å². The van der Waals surface area contributed by atoms with E-state index in [0.717, 1.165) is 6.61 Å². The highest BCUT2D eigenvalue weighted by Gasteiger charge is 2.33. The van der Waals surface area contributed by atoms with E-state index in [1.807, 2.05) is 0 Å². The molecule has 0 amide bonds. The van der Waals surface area contributed by atoms with Gasteiger partial charge < -0.3 is 8.66 Å². The molecule has 19 heavy (non-hydrogen) atoms. The van der Waals surface area contributed by atoms with Gasteiger partial charge >= 0.3 is 0 Å². The fraction of sp³-hybridized carbons (Fsp3) is 1.00. The van der Waals surface area contributed by atoms with Crippen LogP contribution < -0.4 is 0 Å². The molecule has 0 fully saturated rings. The van der Waals surface area contributed by atoms with Crippen molar-refractivity contribution < 1.29 is 4.43 Å². The van der Waals surface area contributed by atoms with E-state index in [1.165, 1.54) is 25.8 Å². The van der Waals surface area contributed by atoms with Crippen LogP contribution in [0.2, 0.25) is 58.9 Å². The fourth-order valence-electron chi connectivity index (χ4n) is 2.60. The number of nitrogens with zero attached hydrogens (tertiary/aromatic N) is 1. The van der Waals surface area contributed by atoms with E-state index < -0.39 is 24.8 Å². The minimum atomic E-state index is -1.30. The number of rotatable bonds is 9. The highest BCUT2D eigenvalue weighted by Crippen LogP contribution is 2.20. The quantitative estimate of drug-likeness (QED) is 0.439. The first-order valence-electron chi connectivity index (χ1n) is 7.76. The Labute approximate surface area is 125 Å².